The van der Waals surface area contributed by atoms with Gasteiger partial charge in [0.15, 0.2) is 0 Å². The van der Waals surface area contributed by atoms with Gasteiger partial charge in [-0.3, -0.25) is 4.79 Å². The molecule has 8 heteroatoms. The SMILES string of the molecule is CSc1ccc(S(=O)(=O)N[C@@H]2CC3(CCCCC3)Oc3ccccc32)cc1NC(C)=O. The molecule has 1 aliphatic carbocycles. The first-order chi connectivity index (χ1) is 14.8. The molecule has 31 heavy (non-hydrogen) atoms. The number of para-hydroxylation sites is 1. The number of ether oxygens (including phenoxy) is 1. The number of nitrogens with one attached hydrogen (secondary N) is 2. The Morgan fingerprint density at radius 1 is 1.13 bits per heavy atom. The molecule has 1 spiro atoms. The van der Waals surface area contributed by atoms with Crippen LogP contribution in [0.3, 0.4) is 0 Å². The predicted molar refractivity (Wildman–Crippen MR) is 123 cm³/mol. The summed E-state index contributed by atoms with van der Waals surface area (Å²) in [5.41, 5.74) is 1.05. The van der Waals surface area contributed by atoms with Crippen LogP contribution in [0.1, 0.15) is 57.1 Å². The lowest BCUT2D eigenvalue weighted by Crippen LogP contribution is -2.46. The second-order valence-electron chi connectivity index (χ2n) is 8.30. The van der Waals surface area contributed by atoms with E-state index in [0.717, 1.165) is 41.9 Å². The van der Waals surface area contributed by atoms with Crippen molar-refractivity contribution in [2.24, 2.45) is 0 Å². The van der Waals surface area contributed by atoms with E-state index in [1.807, 2.05) is 30.5 Å². The monoisotopic (exact) mass is 460 g/mol. The van der Waals surface area contributed by atoms with Gasteiger partial charge in [-0.2, -0.15) is 0 Å². The van der Waals surface area contributed by atoms with Crippen molar-refractivity contribution in [1.82, 2.24) is 4.72 Å². The quantitative estimate of drug-likeness (QED) is 0.622. The van der Waals surface area contributed by atoms with Crippen LogP contribution in [0.4, 0.5) is 5.69 Å². The van der Waals surface area contributed by atoms with Crippen LogP contribution >= 0.6 is 11.8 Å². The van der Waals surface area contributed by atoms with Crippen LogP contribution in [0, 0.1) is 0 Å². The molecule has 1 amide bonds. The average Bonchev–Trinajstić information content (AvgIpc) is 2.73. The molecule has 1 fully saturated rings. The molecule has 0 radical (unpaired) electrons. The summed E-state index contributed by atoms with van der Waals surface area (Å²) in [4.78, 5) is 12.5. The molecule has 1 aliphatic heterocycles. The summed E-state index contributed by atoms with van der Waals surface area (Å²) in [6, 6.07) is 12.2. The molecule has 0 aromatic heterocycles. The van der Waals surface area contributed by atoms with E-state index in [2.05, 4.69) is 10.0 Å². The summed E-state index contributed by atoms with van der Waals surface area (Å²) in [6.45, 7) is 1.41. The minimum atomic E-state index is -3.81. The molecule has 2 aliphatic rings. The van der Waals surface area contributed by atoms with Crippen LogP contribution < -0.4 is 14.8 Å². The maximum absolute atomic E-state index is 13.3. The van der Waals surface area contributed by atoms with Gasteiger partial charge in [0.25, 0.3) is 0 Å². The largest absolute Gasteiger partial charge is 0.487 e. The fourth-order valence-electron chi connectivity index (χ4n) is 4.62. The van der Waals surface area contributed by atoms with Gasteiger partial charge in [-0.05, 0) is 56.2 Å². The lowest BCUT2D eigenvalue weighted by molar-refractivity contribution is -0.114. The van der Waals surface area contributed by atoms with Crippen LogP contribution in [-0.2, 0) is 14.8 Å². The topological polar surface area (TPSA) is 84.5 Å². The zero-order chi connectivity index (χ0) is 22.1. The van der Waals surface area contributed by atoms with Crippen molar-refractivity contribution in [2.45, 2.75) is 66.9 Å². The number of anilines is 1. The third-order valence-corrected chi connectivity index (χ3v) is 8.32. The van der Waals surface area contributed by atoms with Crippen molar-refractivity contribution in [1.29, 1.82) is 0 Å². The fraction of sp³-hybridized carbons (Fsp3) is 0.435. The van der Waals surface area contributed by atoms with Gasteiger partial charge in [-0.25, -0.2) is 13.1 Å². The van der Waals surface area contributed by atoms with Gasteiger partial charge in [0.1, 0.15) is 11.4 Å². The predicted octanol–water partition coefficient (Wildman–Crippen LogP) is 4.87. The molecule has 1 atom stereocenters. The second-order valence-corrected chi connectivity index (χ2v) is 10.9. The molecular formula is C23H28N2O4S2. The summed E-state index contributed by atoms with van der Waals surface area (Å²) < 4.78 is 36.0. The van der Waals surface area contributed by atoms with Crippen molar-refractivity contribution in [3.05, 3.63) is 48.0 Å². The minimum absolute atomic E-state index is 0.135. The van der Waals surface area contributed by atoms with E-state index in [0.29, 0.717) is 12.1 Å². The van der Waals surface area contributed by atoms with E-state index in [9.17, 15) is 13.2 Å². The normalized spacial score (nSPS) is 20.0. The Labute approximate surface area is 188 Å². The number of benzene rings is 2. The summed E-state index contributed by atoms with van der Waals surface area (Å²) in [5, 5.41) is 2.73. The van der Waals surface area contributed by atoms with Crippen LogP contribution in [0.5, 0.6) is 5.75 Å². The number of hydrogen-bond donors (Lipinski definition) is 2. The summed E-state index contributed by atoms with van der Waals surface area (Å²) in [5.74, 6) is 0.524. The van der Waals surface area contributed by atoms with Crippen molar-refractivity contribution in [3.8, 4) is 5.75 Å². The second kappa shape index (κ2) is 8.84. The first kappa shape index (κ1) is 22.2. The van der Waals surface area contributed by atoms with E-state index in [4.69, 9.17) is 4.74 Å². The Hall–Kier alpha value is -2.03. The fourth-order valence-corrected chi connectivity index (χ4v) is 6.40. The molecule has 0 bridgehead atoms. The molecule has 2 aromatic rings. The average molecular weight is 461 g/mol. The highest BCUT2D eigenvalue weighted by molar-refractivity contribution is 7.98. The molecule has 4 rings (SSSR count). The Morgan fingerprint density at radius 2 is 1.87 bits per heavy atom. The number of thioether (sulfide) groups is 1. The molecule has 2 aromatic carbocycles. The molecule has 2 N–H and O–H groups in total. The molecule has 1 saturated carbocycles. The van der Waals surface area contributed by atoms with Crippen LogP contribution in [0.2, 0.25) is 0 Å². The maximum atomic E-state index is 13.3. The number of hydrogen-bond acceptors (Lipinski definition) is 5. The van der Waals surface area contributed by atoms with Gasteiger partial charge in [0.2, 0.25) is 15.9 Å². The summed E-state index contributed by atoms with van der Waals surface area (Å²) >= 11 is 1.45. The molecule has 166 valence electrons. The number of amides is 1. The first-order valence-corrected chi connectivity index (χ1v) is 13.3. The third kappa shape index (κ3) is 4.76. The standard InChI is InChI=1S/C23H28N2O4S2/c1-16(26)24-19-14-17(10-11-22(19)30-2)31(27,28)25-20-15-23(12-6-3-7-13-23)29-21-9-5-4-8-18(20)21/h4-5,8-11,14,20,25H,3,6-7,12-13,15H2,1-2H3,(H,24,26)/t20-/m1/s1. The van der Waals surface area contributed by atoms with Gasteiger partial charge in [-0.15, -0.1) is 11.8 Å². The van der Waals surface area contributed by atoms with Crippen molar-refractivity contribution < 1.29 is 17.9 Å². The van der Waals surface area contributed by atoms with E-state index in [-0.39, 0.29) is 22.4 Å². The molecule has 0 unspecified atom stereocenters. The zero-order valence-electron chi connectivity index (χ0n) is 17.8. The van der Waals surface area contributed by atoms with Gasteiger partial charge >= 0.3 is 0 Å². The Kier molecular flexibility index (Phi) is 6.32. The van der Waals surface area contributed by atoms with Crippen LogP contribution in [0.15, 0.2) is 52.3 Å². The van der Waals surface area contributed by atoms with Crippen LogP contribution in [0.25, 0.3) is 0 Å². The summed E-state index contributed by atoms with van der Waals surface area (Å²) in [6.07, 6.45) is 7.76. The lowest BCUT2D eigenvalue weighted by Gasteiger charge is -2.44. The number of fused-ring (bicyclic) bond motifs is 1. The molecule has 1 heterocycles. The minimum Gasteiger partial charge on any atom is -0.487 e. The van der Waals surface area contributed by atoms with Gasteiger partial charge in [0.05, 0.1) is 16.6 Å². The smallest absolute Gasteiger partial charge is 0.241 e. The van der Waals surface area contributed by atoms with Gasteiger partial charge in [-0.1, -0.05) is 24.6 Å². The zero-order valence-corrected chi connectivity index (χ0v) is 19.4. The van der Waals surface area contributed by atoms with Crippen molar-refractivity contribution >= 4 is 33.4 Å². The van der Waals surface area contributed by atoms with E-state index in [1.54, 1.807) is 12.1 Å². The Balaban J connectivity index is 1.66. The van der Waals surface area contributed by atoms with Crippen molar-refractivity contribution in [2.75, 3.05) is 11.6 Å². The molecular weight excluding hydrogens is 432 g/mol. The maximum Gasteiger partial charge on any atom is 0.241 e. The first-order valence-electron chi connectivity index (χ1n) is 10.6. The Morgan fingerprint density at radius 3 is 2.58 bits per heavy atom. The van der Waals surface area contributed by atoms with Gasteiger partial charge in [0, 0.05) is 23.8 Å². The number of rotatable bonds is 5. The number of sulfonamides is 1. The Bertz CT molecular complexity index is 1080. The lowest BCUT2D eigenvalue weighted by atomic mass is 9.77. The van der Waals surface area contributed by atoms with E-state index >= 15 is 0 Å². The highest BCUT2D eigenvalue weighted by atomic mass is 32.2. The third-order valence-electron chi connectivity index (χ3n) is 6.05. The van der Waals surface area contributed by atoms with E-state index < -0.39 is 10.0 Å². The highest BCUT2D eigenvalue weighted by Gasteiger charge is 2.42. The number of carbonyl (C=O) groups is 1. The molecule has 0 saturated heterocycles. The van der Waals surface area contributed by atoms with Crippen LogP contribution in [-0.4, -0.2) is 26.2 Å². The van der Waals surface area contributed by atoms with Crippen molar-refractivity contribution in [3.63, 3.8) is 0 Å². The van der Waals surface area contributed by atoms with Gasteiger partial charge < -0.3 is 10.1 Å². The highest BCUT2D eigenvalue weighted by Crippen LogP contribution is 2.46. The molecule has 6 nitrogen and oxygen atoms in total. The van der Waals surface area contributed by atoms with E-state index in [1.165, 1.54) is 31.2 Å². The summed E-state index contributed by atoms with van der Waals surface area (Å²) in [7, 11) is -3.81. The number of carbonyl (C=O) groups excluding carboxylic acids is 1.